The van der Waals surface area contributed by atoms with Crippen molar-refractivity contribution in [3.63, 3.8) is 0 Å². The molecule has 4 N–H and O–H groups in total. The Bertz CT molecular complexity index is 1280. The molecule has 9 nitrogen and oxygen atoms in total. The molecule has 0 aliphatic rings. The lowest BCUT2D eigenvalue weighted by Gasteiger charge is -2.15. The summed E-state index contributed by atoms with van der Waals surface area (Å²) in [5.74, 6) is -0.918. The van der Waals surface area contributed by atoms with Crippen LogP contribution in [0.4, 0.5) is 11.6 Å². The maximum absolute atomic E-state index is 13.0. The number of benzene rings is 1. The van der Waals surface area contributed by atoms with E-state index in [1.54, 1.807) is 19.9 Å². The van der Waals surface area contributed by atoms with Gasteiger partial charge in [0.1, 0.15) is 20.5 Å². The molecule has 0 aliphatic carbocycles. The molecule has 2 heterocycles. The van der Waals surface area contributed by atoms with Crippen molar-refractivity contribution in [2.75, 3.05) is 16.6 Å². The third kappa shape index (κ3) is 4.64. The van der Waals surface area contributed by atoms with Crippen LogP contribution in [0.5, 0.6) is 0 Å². The summed E-state index contributed by atoms with van der Waals surface area (Å²) in [7, 11) is -4.20. The summed E-state index contributed by atoms with van der Waals surface area (Å²) < 4.78 is 32.8. The van der Waals surface area contributed by atoms with Crippen LogP contribution in [0.15, 0.2) is 33.0 Å². The van der Waals surface area contributed by atoms with Gasteiger partial charge in [0.2, 0.25) is 0 Å². The Morgan fingerprint density at radius 2 is 2.03 bits per heavy atom. The van der Waals surface area contributed by atoms with E-state index in [-0.39, 0.29) is 26.4 Å². The zero-order valence-electron chi connectivity index (χ0n) is 16.7. The Morgan fingerprint density at radius 3 is 2.65 bits per heavy atom. The summed E-state index contributed by atoms with van der Waals surface area (Å²) in [5, 5.41) is 25.1. The highest BCUT2D eigenvalue weighted by Crippen LogP contribution is 2.31. The highest BCUT2D eigenvalue weighted by Gasteiger charge is 2.27. The zero-order chi connectivity index (χ0) is 22.9. The average Bonchev–Trinajstić information content (AvgIpc) is 3.32. The van der Waals surface area contributed by atoms with E-state index in [1.165, 1.54) is 11.4 Å². The third-order valence-corrected chi connectivity index (χ3v) is 7.21. The number of amides is 1. The number of nitrogens with one attached hydrogen (secondary N) is 3. The van der Waals surface area contributed by atoms with Crippen molar-refractivity contribution in [1.29, 1.82) is 5.41 Å². The van der Waals surface area contributed by atoms with E-state index in [2.05, 4.69) is 15.2 Å². The number of hydrogen-bond donors (Lipinski definition) is 4. The van der Waals surface area contributed by atoms with Gasteiger partial charge in [0, 0.05) is 5.56 Å². The van der Waals surface area contributed by atoms with Crippen LogP contribution in [0, 0.1) is 26.2 Å². The predicted molar refractivity (Wildman–Crippen MR) is 119 cm³/mol. The number of rotatable bonds is 7. The van der Waals surface area contributed by atoms with Crippen LogP contribution in [0.1, 0.15) is 32.1 Å². The molecule has 3 rings (SSSR count). The fraction of sp³-hybridized carbons (Fsp3) is 0.211. The van der Waals surface area contributed by atoms with Crippen molar-refractivity contribution in [2.24, 2.45) is 0 Å². The van der Waals surface area contributed by atoms with Crippen molar-refractivity contribution >= 4 is 56.2 Å². The minimum absolute atomic E-state index is 0.0206. The zero-order valence-corrected chi connectivity index (χ0v) is 19.1. The Labute approximate surface area is 187 Å². The Kier molecular flexibility index (Phi) is 6.51. The van der Waals surface area contributed by atoms with Gasteiger partial charge in [0.25, 0.3) is 21.8 Å². The maximum atomic E-state index is 13.0. The van der Waals surface area contributed by atoms with Gasteiger partial charge < -0.3 is 20.4 Å². The predicted octanol–water partition coefficient (Wildman–Crippen LogP) is 3.73. The van der Waals surface area contributed by atoms with Crippen molar-refractivity contribution in [3.05, 3.63) is 55.9 Å². The quantitative estimate of drug-likeness (QED) is 0.377. The standard InChI is InChI=1S/C19H19ClN4O5S2/c1-9-6-10(2)16(12(7-9)13(21)8-25)22-18(26)17-14(4-5-30-17)31(27,28)24-19-15(20)11(3)23-29-19/h4-7,21,24-25H,8H2,1-3H3,(H,22,26). The highest BCUT2D eigenvalue weighted by molar-refractivity contribution is 7.93. The van der Waals surface area contributed by atoms with Gasteiger partial charge in [0.15, 0.2) is 0 Å². The summed E-state index contributed by atoms with van der Waals surface area (Å²) >= 11 is 6.92. The molecule has 0 saturated heterocycles. The fourth-order valence-corrected chi connectivity index (χ4v) is 5.39. The summed E-state index contributed by atoms with van der Waals surface area (Å²) in [6, 6.07) is 4.77. The van der Waals surface area contributed by atoms with Crippen LogP contribution < -0.4 is 10.0 Å². The minimum Gasteiger partial charge on any atom is -0.390 e. The topological polar surface area (TPSA) is 145 Å². The second-order valence-electron chi connectivity index (χ2n) is 6.73. The second kappa shape index (κ2) is 8.79. The van der Waals surface area contributed by atoms with Crippen LogP contribution in [-0.2, 0) is 10.0 Å². The van der Waals surface area contributed by atoms with E-state index in [0.29, 0.717) is 22.5 Å². The number of aliphatic hydroxyl groups is 1. The maximum Gasteiger partial charge on any atom is 0.267 e. The molecule has 12 heteroatoms. The SMILES string of the molecule is Cc1cc(C)c(NC(=O)c2sccc2S(=O)(=O)Nc2onc(C)c2Cl)c(C(=N)CO)c1. The van der Waals surface area contributed by atoms with Crippen molar-refractivity contribution in [3.8, 4) is 0 Å². The molecule has 31 heavy (non-hydrogen) atoms. The number of halogens is 1. The first-order valence-corrected chi connectivity index (χ1v) is 11.6. The van der Waals surface area contributed by atoms with Gasteiger partial charge in [-0.25, -0.2) is 13.1 Å². The van der Waals surface area contributed by atoms with E-state index in [0.717, 1.165) is 16.9 Å². The lowest BCUT2D eigenvalue weighted by atomic mass is 10.0. The van der Waals surface area contributed by atoms with Crippen LogP contribution in [0.2, 0.25) is 5.02 Å². The van der Waals surface area contributed by atoms with Crippen molar-refractivity contribution < 1.29 is 22.8 Å². The molecule has 0 bridgehead atoms. The summed E-state index contributed by atoms with van der Waals surface area (Å²) in [6.45, 7) is 4.63. The molecule has 0 atom stereocenters. The van der Waals surface area contributed by atoms with Gasteiger partial charge in [-0.05, 0) is 43.8 Å². The van der Waals surface area contributed by atoms with Gasteiger partial charge in [-0.15, -0.1) is 11.3 Å². The van der Waals surface area contributed by atoms with Crippen LogP contribution in [0.25, 0.3) is 0 Å². The number of carbonyl (C=O) groups is 1. The lowest BCUT2D eigenvalue weighted by Crippen LogP contribution is -2.20. The molecule has 0 fully saturated rings. The van der Waals surface area contributed by atoms with E-state index in [9.17, 15) is 18.3 Å². The van der Waals surface area contributed by atoms with E-state index >= 15 is 0 Å². The number of nitrogens with zero attached hydrogens (tertiary/aromatic N) is 1. The number of thiophene rings is 1. The second-order valence-corrected chi connectivity index (χ2v) is 9.67. The van der Waals surface area contributed by atoms with Crippen LogP contribution >= 0.6 is 22.9 Å². The molecule has 1 amide bonds. The first kappa shape index (κ1) is 22.9. The highest BCUT2D eigenvalue weighted by atomic mass is 35.5. The van der Waals surface area contributed by atoms with E-state index < -0.39 is 22.5 Å². The Balaban J connectivity index is 1.95. The molecule has 3 aromatic rings. The smallest absolute Gasteiger partial charge is 0.267 e. The molecule has 1 aromatic carbocycles. The number of carbonyl (C=O) groups excluding carboxylic acids is 1. The molecule has 0 saturated carbocycles. The van der Waals surface area contributed by atoms with Gasteiger partial charge in [-0.3, -0.25) is 4.79 Å². The summed E-state index contributed by atoms with van der Waals surface area (Å²) in [6.07, 6.45) is 0. The van der Waals surface area contributed by atoms with Gasteiger partial charge in [-0.1, -0.05) is 28.4 Å². The average molecular weight is 483 g/mol. The monoisotopic (exact) mass is 482 g/mol. The van der Waals surface area contributed by atoms with Gasteiger partial charge >= 0.3 is 0 Å². The number of hydrogen-bond acceptors (Lipinski definition) is 8. The third-order valence-electron chi connectivity index (χ3n) is 4.34. The number of aromatic nitrogens is 1. The molecule has 0 spiro atoms. The number of sulfonamides is 1. The van der Waals surface area contributed by atoms with E-state index in [1.807, 2.05) is 13.0 Å². The van der Waals surface area contributed by atoms with Crippen molar-refractivity contribution in [1.82, 2.24) is 5.16 Å². The van der Waals surface area contributed by atoms with Crippen LogP contribution in [-0.4, -0.2) is 36.9 Å². The largest absolute Gasteiger partial charge is 0.390 e. The van der Waals surface area contributed by atoms with Gasteiger partial charge in [-0.2, -0.15) is 0 Å². The summed E-state index contributed by atoms with van der Waals surface area (Å²) in [5.41, 5.74) is 2.45. The molecule has 0 radical (unpaired) electrons. The van der Waals surface area contributed by atoms with Crippen molar-refractivity contribution in [2.45, 2.75) is 25.7 Å². The molecular weight excluding hydrogens is 464 g/mol. The molecular formula is C19H19ClN4O5S2. The lowest BCUT2D eigenvalue weighted by molar-refractivity contribution is 0.102. The Hall–Kier alpha value is -2.73. The van der Waals surface area contributed by atoms with Crippen LogP contribution in [0.3, 0.4) is 0 Å². The molecule has 0 aliphatic heterocycles. The summed E-state index contributed by atoms with van der Waals surface area (Å²) in [4.78, 5) is 12.7. The van der Waals surface area contributed by atoms with Gasteiger partial charge in [0.05, 0.1) is 18.0 Å². The molecule has 2 aromatic heterocycles. The minimum atomic E-state index is -4.20. The number of aryl methyl sites for hydroxylation is 3. The number of anilines is 2. The number of aliphatic hydroxyl groups excluding tert-OH is 1. The first-order chi connectivity index (χ1) is 14.5. The molecule has 0 unspecified atom stereocenters. The fourth-order valence-electron chi connectivity index (χ4n) is 2.90. The molecule has 164 valence electrons. The normalized spacial score (nSPS) is 11.4. The Morgan fingerprint density at radius 1 is 1.32 bits per heavy atom. The first-order valence-electron chi connectivity index (χ1n) is 8.88. The van der Waals surface area contributed by atoms with E-state index in [4.69, 9.17) is 21.5 Å².